The monoisotopic (exact) mass is 366 g/mol. The van der Waals surface area contributed by atoms with Crippen LogP contribution in [0, 0.1) is 6.92 Å². The Bertz CT molecular complexity index is 637. The molecule has 21 heavy (non-hydrogen) atoms. The fourth-order valence-electron chi connectivity index (χ4n) is 2.20. The Morgan fingerprint density at radius 2 is 2.14 bits per heavy atom. The Hall–Kier alpha value is -1.01. The van der Waals surface area contributed by atoms with Gasteiger partial charge in [-0.05, 0) is 42.1 Å². The number of nitrogens with zero attached hydrogens (tertiary/aromatic N) is 3. The van der Waals surface area contributed by atoms with Crippen LogP contribution in [-0.4, -0.2) is 21.5 Å². The maximum atomic E-state index is 4.78. The summed E-state index contributed by atoms with van der Waals surface area (Å²) < 4.78 is 1.04. The number of rotatable bonds is 6. The van der Waals surface area contributed by atoms with Gasteiger partial charge in [-0.3, -0.25) is 0 Å². The zero-order chi connectivity index (χ0) is 14.8. The van der Waals surface area contributed by atoms with Crippen molar-refractivity contribution in [2.24, 2.45) is 0 Å². The van der Waals surface area contributed by atoms with Gasteiger partial charge in [-0.15, -0.1) is 11.3 Å². The summed E-state index contributed by atoms with van der Waals surface area (Å²) in [5.74, 6) is 2.39. The van der Waals surface area contributed by atoms with Crippen molar-refractivity contribution in [2.45, 2.75) is 45.4 Å². The van der Waals surface area contributed by atoms with Gasteiger partial charge in [0, 0.05) is 23.5 Å². The minimum absolute atomic E-state index is 0.598. The van der Waals surface area contributed by atoms with Crippen molar-refractivity contribution in [2.75, 3.05) is 11.9 Å². The highest BCUT2D eigenvalue weighted by molar-refractivity contribution is 9.10. The predicted octanol–water partition coefficient (Wildman–Crippen LogP) is 4.29. The van der Waals surface area contributed by atoms with Crippen LogP contribution in [0.3, 0.4) is 0 Å². The van der Waals surface area contributed by atoms with Gasteiger partial charge in [0.05, 0.1) is 16.6 Å². The minimum Gasteiger partial charge on any atom is -0.369 e. The number of halogens is 1. The highest BCUT2D eigenvalue weighted by Gasteiger charge is 2.29. The molecule has 0 aliphatic heterocycles. The summed E-state index contributed by atoms with van der Waals surface area (Å²) in [6, 6.07) is 0. The van der Waals surface area contributed by atoms with Gasteiger partial charge in [0.1, 0.15) is 16.6 Å². The van der Waals surface area contributed by atoms with E-state index in [0.717, 1.165) is 45.5 Å². The molecule has 0 unspecified atom stereocenters. The molecule has 0 amide bonds. The third kappa shape index (κ3) is 3.61. The molecule has 1 aliphatic rings. The first-order valence-electron chi connectivity index (χ1n) is 7.38. The summed E-state index contributed by atoms with van der Waals surface area (Å²) >= 11 is 5.35. The van der Waals surface area contributed by atoms with Crippen LogP contribution >= 0.6 is 27.3 Å². The minimum atomic E-state index is 0.598. The van der Waals surface area contributed by atoms with E-state index in [-0.39, 0.29) is 0 Å². The molecule has 0 aromatic carbocycles. The van der Waals surface area contributed by atoms with E-state index in [1.807, 2.05) is 6.92 Å². The van der Waals surface area contributed by atoms with Crippen molar-refractivity contribution in [1.29, 1.82) is 0 Å². The highest BCUT2D eigenvalue weighted by Crippen LogP contribution is 2.43. The average Bonchev–Trinajstić information content (AvgIpc) is 3.23. The van der Waals surface area contributed by atoms with Crippen LogP contribution in [0.1, 0.15) is 54.3 Å². The fourth-order valence-corrected chi connectivity index (χ4v) is 3.61. The van der Waals surface area contributed by atoms with Gasteiger partial charge in [-0.2, -0.15) is 0 Å². The van der Waals surface area contributed by atoms with Gasteiger partial charge in [0.25, 0.3) is 0 Å². The molecule has 2 heterocycles. The van der Waals surface area contributed by atoms with Crippen LogP contribution < -0.4 is 5.32 Å². The van der Waals surface area contributed by atoms with Gasteiger partial charge in [0.2, 0.25) is 0 Å². The Morgan fingerprint density at radius 1 is 1.33 bits per heavy atom. The van der Waals surface area contributed by atoms with Gasteiger partial charge in [-0.25, -0.2) is 15.0 Å². The SMILES string of the molecule is CCCNc1nc(Cc2nc(C)cs2)nc(C2CC2)c1Br. The summed E-state index contributed by atoms with van der Waals surface area (Å²) in [4.78, 5) is 14.0. The largest absolute Gasteiger partial charge is 0.369 e. The van der Waals surface area contributed by atoms with Crippen LogP contribution in [0.5, 0.6) is 0 Å². The second-order valence-electron chi connectivity index (χ2n) is 5.45. The van der Waals surface area contributed by atoms with E-state index in [1.165, 1.54) is 12.8 Å². The molecule has 4 nitrogen and oxygen atoms in total. The zero-order valence-corrected chi connectivity index (χ0v) is 14.7. The van der Waals surface area contributed by atoms with Crippen LogP contribution in [0.4, 0.5) is 5.82 Å². The topological polar surface area (TPSA) is 50.7 Å². The zero-order valence-electron chi connectivity index (χ0n) is 12.3. The van der Waals surface area contributed by atoms with E-state index < -0.39 is 0 Å². The van der Waals surface area contributed by atoms with E-state index in [9.17, 15) is 0 Å². The molecule has 0 radical (unpaired) electrons. The second kappa shape index (κ2) is 6.40. The maximum Gasteiger partial charge on any atom is 0.144 e. The number of nitrogens with one attached hydrogen (secondary N) is 1. The Kier molecular flexibility index (Phi) is 4.54. The molecular weight excluding hydrogens is 348 g/mol. The van der Waals surface area contributed by atoms with Gasteiger partial charge >= 0.3 is 0 Å². The first kappa shape index (κ1) is 14.9. The number of thiazole rings is 1. The molecule has 3 rings (SSSR count). The molecule has 2 aromatic heterocycles. The summed E-state index contributed by atoms with van der Waals surface area (Å²) in [5.41, 5.74) is 2.23. The highest BCUT2D eigenvalue weighted by atomic mass is 79.9. The Labute approximate surface area is 137 Å². The van der Waals surface area contributed by atoms with Crippen molar-refractivity contribution >= 4 is 33.1 Å². The third-order valence-corrected chi connectivity index (χ3v) is 5.15. The smallest absolute Gasteiger partial charge is 0.144 e. The molecule has 2 aromatic rings. The summed E-state index contributed by atoms with van der Waals surface area (Å²) in [6.45, 7) is 5.10. The lowest BCUT2D eigenvalue weighted by Crippen LogP contribution is -2.09. The molecule has 1 fully saturated rings. The molecular formula is C15H19BrN4S. The molecule has 1 N–H and O–H groups in total. The average molecular weight is 367 g/mol. The van der Waals surface area contributed by atoms with Crippen LogP contribution in [0.25, 0.3) is 0 Å². The fraction of sp³-hybridized carbons (Fsp3) is 0.533. The lowest BCUT2D eigenvalue weighted by Gasteiger charge is -2.12. The lowest BCUT2D eigenvalue weighted by molar-refractivity contribution is 0.873. The summed E-state index contributed by atoms with van der Waals surface area (Å²) in [7, 11) is 0. The molecule has 6 heteroatoms. The van der Waals surface area contributed by atoms with E-state index in [2.05, 4.69) is 43.5 Å². The molecule has 112 valence electrons. The van der Waals surface area contributed by atoms with Gasteiger partial charge in [0.15, 0.2) is 0 Å². The van der Waals surface area contributed by atoms with Crippen LogP contribution in [0.2, 0.25) is 0 Å². The second-order valence-corrected chi connectivity index (χ2v) is 7.18. The number of hydrogen-bond donors (Lipinski definition) is 1. The Balaban J connectivity index is 1.89. The first-order valence-corrected chi connectivity index (χ1v) is 9.05. The molecule has 0 atom stereocenters. The summed E-state index contributed by atoms with van der Waals surface area (Å²) in [5, 5.41) is 6.56. The van der Waals surface area contributed by atoms with Crippen LogP contribution in [-0.2, 0) is 6.42 Å². The maximum absolute atomic E-state index is 4.78. The Morgan fingerprint density at radius 3 is 2.76 bits per heavy atom. The lowest BCUT2D eigenvalue weighted by atomic mass is 10.2. The predicted molar refractivity (Wildman–Crippen MR) is 90.1 cm³/mol. The molecule has 1 aliphatic carbocycles. The van der Waals surface area contributed by atoms with Crippen LogP contribution in [0.15, 0.2) is 9.85 Å². The standard InChI is InChI=1S/C15H19BrN4S/c1-3-6-17-15-13(16)14(10-4-5-10)19-11(20-15)7-12-18-9(2)8-21-12/h8,10H,3-7H2,1-2H3,(H,17,19,20). The molecule has 0 spiro atoms. The first-order chi connectivity index (χ1) is 10.2. The number of aromatic nitrogens is 3. The third-order valence-electron chi connectivity index (χ3n) is 3.41. The normalized spacial score (nSPS) is 14.4. The van der Waals surface area contributed by atoms with E-state index in [0.29, 0.717) is 12.3 Å². The molecule has 1 saturated carbocycles. The molecule has 0 saturated heterocycles. The van der Waals surface area contributed by atoms with Gasteiger partial charge < -0.3 is 5.32 Å². The number of aryl methyl sites for hydroxylation is 1. The van der Waals surface area contributed by atoms with Crippen molar-refractivity contribution in [3.8, 4) is 0 Å². The van der Waals surface area contributed by atoms with Crippen molar-refractivity contribution in [3.63, 3.8) is 0 Å². The summed E-state index contributed by atoms with van der Waals surface area (Å²) in [6.07, 6.45) is 4.26. The van der Waals surface area contributed by atoms with Gasteiger partial charge in [-0.1, -0.05) is 6.92 Å². The number of hydrogen-bond acceptors (Lipinski definition) is 5. The molecule has 0 bridgehead atoms. The van der Waals surface area contributed by atoms with Crippen molar-refractivity contribution in [3.05, 3.63) is 32.1 Å². The van der Waals surface area contributed by atoms with Crippen molar-refractivity contribution < 1.29 is 0 Å². The van der Waals surface area contributed by atoms with E-state index >= 15 is 0 Å². The van der Waals surface area contributed by atoms with E-state index in [4.69, 9.17) is 4.98 Å². The number of anilines is 1. The van der Waals surface area contributed by atoms with E-state index in [1.54, 1.807) is 11.3 Å². The quantitative estimate of drug-likeness (QED) is 0.827. The van der Waals surface area contributed by atoms with Crippen molar-refractivity contribution in [1.82, 2.24) is 15.0 Å².